The Labute approximate surface area is 120 Å². The highest BCUT2D eigenvalue weighted by molar-refractivity contribution is 6.03. The summed E-state index contributed by atoms with van der Waals surface area (Å²) < 4.78 is 0. The van der Waals surface area contributed by atoms with E-state index in [-0.39, 0.29) is 12.0 Å². The number of carbonyl (C=O) groups excluding carboxylic acids is 1. The molecule has 2 amide bonds. The predicted octanol–water partition coefficient (Wildman–Crippen LogP) is 2.56. The number of rotatable bonds is 4. The number of nitrogens with two attached hydrogens (primary N) is 1. The van der Waals surface area contributed by atoms with Gasteiger partial charge < -0.3 is 5.73 Å². The summed E-state index contributed by atoms with van der Waals surface area (Å²) in [7, 11) is 1.73. The van der Waals surface area contributed by atoms with E-state index in [2.05, 4.69) is 17.2 Å². The highest BCUT2D eigenvalue weighted by Gasteiger charge is 2.15. The van der Waals surface area contributed by atoms with Crippen molar-refractivity contribution in [3.63, 3.8) is 0 Å². The lowest BCUT2D eigenvalue weighted by molar-refractivity contribution is 0.251. The van der Waals surface area contributed by atoms with Crippen LogP contribution in [0.15, 0.2) is 23.2 Å². The summed E-state index contributed by atoms with van der Waals surface area (Å²) in [6, 6.07) is 5.65. The van der Waals surface area contributed by atoms with Gasteiger partial charge in [0.2, 0.25) is 0 Å². The number of hydrogen-bond acceptors (Lipinski definition) is 2. The first-order valence-corrected chi connectivity index (χ1v) is 6.88. The van der Waals surface area contributed by atoms with E-state index < -0.39 is 0 Å². The maximum atomic E-state index is 12.1. The average Bonchev–Trinajstić information content (AvgIpc) is 2.38. The molecule has 0 fully saturated rings. The van der Waals surface area contributed by atoms with Gasteiger partial charge in [-0.1, -0.05) is 31.5 Å². The number of anilines is 1. The molecule has 110 valence electrons. The van der Waals surface area contributed by atoms with Crippen LogP contribution in [0.5, 0.6) is 0 Å². The number of guanidine groups is 1. The van der Waals surface area contributed by atoms with Gasteiger partial charge in [-0.25, -0.2) is 4.79 Å². The number of carbonyl (C=O) groups is 1. The van der Waals surface area contributed by atoms with Crippen molar-refractivity contribution in [2.45, 2.75) is 33.6 Å². The highest BCUT2D eigenvalue weighted by atomic mass is 16.2. The molecular formula is C15H24N4O. The van der Waals surface area contributed by atoms with Gasteiger partial charge in [0, 0.05) is 13.6 Å². The third-order valence-corrected chi connectivity index (χ3v) is 3.11. The molecule has 5 heteroatoms. The minimum Gasteiger partial charge on any atom is -0.370 e. The Morgan fingerprint density at radius 3 is 2.50 bits per heavy atom. The number of nitrogens with one attached hydrogen (secondary N) is 1. The Kier molecular flexibility index (Phi) is 6.03. The maximum Gasteiger partial charge on any atom is 0.328 e. The van der Waals surface area contributed by atoms with Crippen molar-refractivity contribution in [1.29, 1.82) is 0 Å². The number of aryl methyl sites for hydroxylation is 2. The Balaban J connectivity index is 2.75. The third kappa shape index (κ3) is 4.26. The molecule has 1 aromatic rings. The molecule has 0 bridgehead atoms. The number of aliphatic imine (C=N–C) groups is 1. The molecule has 0 aliphatic heterocycles. The van der Waals surface area contributed by atoms with Crippen LogP contribution in [0.25, 0.3) is 0 Å². The number of para-hydroxylation sites is 1. The summed E-state index contributed by atoms with van der Waals surface area (Å²) in [6.45, 7) is 6.67. The van der Waals surface area contributed by atoms with Gasteiger partial charge in [-0.05, 0) is 31.4 Å². The molecule has 20 heavy (non-hydrogen) atoms. The monoisotopic (exact) mass is 276 g/mol. The molecule has 0 heterocycles. The van der Waals surface area contributed by atoms with Crippen LogP contribution in [-0.2, 0) is 0 Å². The predicted molar refractivity (Wildman–Crippen MR) is 84.2 cm³/mol. The fourth-order valence-electron chi connectivity index (χ4n) is 2.03. The summed E-state index contributed by atoms with van der Waals surface area (Å²) in [4.78, 5) is 17.8. The Hall–Kier alpha value is -2.04. The van der Waals surface area contributed by atoms with Crippen molar-refractivity contribution in [2.24, 2.45) is 10.7 Å². The van der Waals surface area contributed by atoms with E-state index >= 15 is 0 Å². The van der Waals surface area contributed by atoms with Gasteiger partial charge in [0.15, 0.2) is 5.96 Å². The molecule has 0 aliphatic rings. The van der Waals surface area contributed by atoms with E-state index in [0.29, 0.717) is 6.54 Å². The van der Waals surface area contributed by atoms with Crippen LogP contribution in [0.1, 0.15) is 30.9 Å². The Morgan fingerprint density at radius 2 is 1.95 bits per heavy atom. The molecule has 0 unspecified atom stereocenters. The average molecular weight is 276 g/mol. The normalized spacial score (nSPS) is 11.3. The topological polar surface area (TPSA) is 70.7 Å². The van der Waals surface area contributed by atoms with Gasteiger partial charge in [-0.15, -0.1) is 0 Å². The van der Waals surface area contributed by atoms with Crippen molar-refractivity contribution in [2.75, 3.05) is 18.5 Å². The smallest absolute Gasteiger partial charge is 0.328 e. The lowest BCUT2D eigenvalue weighted by Crippen LogP contribution is -2.44. The zero-order valence-electron chi connectivity index (χ0n) is 12.7. The number of hydrogen-bond donors (Lipinski definition) is 2. The summed E-state index contributed by atoms with van der Waals surface area (Å²) >= 11 is 0. The lowest BCUT2D eigenvalue weighted by atomic mass is 10.1. The Morgan fingerprint density at radius 1 is 1.35 bits per heavy atom. The quantitative estimate of drug-likeness (QED) is 0.504. The van der Waals surface area contributed by atoms with Crippen LogP contribution in [0.3, 0.4) is 0 Å². The Bertz CT molecular complexity index is 476. The van der Waals surface area contributed by atoms with Gasteiger partial charge in [0.25, 0.3) is 0 Å². The molecule has 0 spiro atoms. The third-order valence-electron chi connectivity index (χ3n) is 3.11. The molecule has 0 saturated heterocycles. The van der Waals surface area contributed by atoms with E-state index in [1.54, 1.807) is 11.9 Å². The van der Waals surface area contributed by atoms with E-state index in [4.69, 9.17) is 5.73 Å². The van der Waals surface area contributed by atoms with Crippen molar-refractivity contribution in [3.8, 4) is 0 Å². The molecule has 0 saturated carbocycles. The number of amides is 2. The summed E-state index contributed by atoms with van der Waals surface area (Å²) in [5.41, 5.74) is 8.68. The molecule has 3 N–H and O–H groups in total. The second kappa shape index (κ2) is 7.53. The van der Waals surface area contributed by atoms with Gasteiger partial charge >= 0.3 is 6.03 Å². The van der Waals surface area contributed by atoms with Crippen molar-refractivity contribution in [1.82, 2.24) is 5.32 Å². The first-order valence-electron chi connectivity index (χ1n) is 6.88. The van der Waals surface area contributed by atoms with Gasteiger partial charge in [0.1, 0.15) is 0 Å². The molecule has 1 aromatic carbocycles. The van der Waals surface area contributed by atoms with E-state index in [1.165, 1.54) is 0 Å². The van der Waals surface area contributed by atoms with Crippen LogP contribution < -0.4 is 16.0 Å². The van der Waals surface area contributed by atoms with Crippen LogP contribution >= 0.6 is 0 Å². The minimum atomic E-state index is -0.278. The van der Waals surface area contributed by atoms with E-state index in [9.17, 15) is 4.79 Å². The second-order valence-corrected chi connectivity index (χ2v) is 4.85. The zero-order valence-corrected chi connectivity index (χ0v) is 12.7. The first kappa shape index (κ1) is 16.0. The SMILES string of the molecule is CCCCN=C(N)NC(=O)N(C)c1c(C)cccc1C. The van der Waals surface area contributed by atoms with Crippen molar-refractivity contribution >= 4 is 17.7 Å². The van der Waals surface area contributed by atoms with Crippen LogP contribution in [-0.4, -0.2) is 25.6 Å². The fourth-order valence-corrected chi connectivity index (χ4v) is 2.03. The van der Waals surface area contributed by atoms with Crippen molar-refractivity contribution < 1.29 is 4.79 Å². The fraction of sp³-hybridized carbons (Fsp3) is 0.467. The first-order chi connectivity index (χ1) is 9.47. The molecule has 0 aliphatic carbocycles. The summed E-state index contributed by atoms with van der Waals surface area (Å²) in [5.74, 6) is 0.168. The molecule has 0 radical (unpaired) electrons. The largest absolute Gasteiger partial charge is 0.370 e. The van der Waals surface area contributed by atoms with E-state index in [0.717, 1.165) is 29.7 Å². The number of unbranched alkanes of at least 4 members (excludes halogenated alkanes) is 1. The molecule has 5 nitrogen and oxygen atoms in total. The standard InChI is InChI=1S/C15H24N4O/c1-5-6-10-17-14(16)18-15(20)19(4)13-11(2)8-7-9-12(13)3/h7-9H,5-6,10H2,1-4H3,(H3,16,17,18,20). The summed E-state index contributed by atoms with van der Waals surface area (Å²) in [6.07, 6.45) is 2.01. The van der Waals surface area contributed by atoms with Crippen LogP contribution in [0.2, 0.25) is 0 Å². The molecular weight excluding hydrogens is 252 g/mol. The minimum absolute atomic E-state index is 0.168. The second-order valence-electron chi connectivity index (χ2n) is 4.85. The molecule has 1 rings (SSSR count). The number of nitrogens with zero attached hydrogens (tertiary/aromatic N) is 2. The van der Waals surface area contributed by atoms with Gasteiger partial charge in [-0.3, -0.25) is 15.2 Å². The van der Waals surface area contributed by atoms with Crippen LogP contribution in [0.4, 0.5) is 10.5 Å². The molecule has 0 atom stereocenters. The maximum absolute atomic E-state index is 12.1. The van der Waals surface area contributed by atoms with Crippen molar-refractivity contribution in [3.05, 3.63) is 29.3 Å². The summed E-state index contributed by atoms with van der Waals surface area (Å²) in [5, 5.41) is 2.61. The number of benzene rings is 1. The van der Waals surface area contributed by atoms with Crippen LogP contribution in [0, 0.1) is 13.8 Å². The zero-order chi connectivity index (χ0) is 15.1. The van der Waals surface area contributed by atoms with Gasteiger partial charge in [0.05, 0.1) is 5.69 Å². The van der Waals surface area contributed by atoms with Gasteiger partial charge in [-0.2, -0.15) is 0 Å². The highest BCUT2D eigenvalue weighted by Crippen LogP contribution is 2.23. The lowest BCUT2D eigenvalue weighted by Gasteiger charge is -2.21. The number of urea groups is 1. The molecule has 0 aromatic heterocycles. The van der Waals surface area contributed by atoms with E-state index in [1.807, 2.05) is 32.0 Å².